The number of benzene rings is 2. The summed E-state index contributed by atoms with van der Waals surface area (Å²) in [5, 5.41) is 1.65. The molecule has 25 heavy (non-hydrogen) atoms. The van der Waals surface area contributed by atoms with Crippen LogP contribution in [0.5, 0.6) is 5.75 Å². The second-order valence-corrected chi connectivity index (χ2v) is 6.70. The van der Waals surface area contributed by atoms with E-state index in [0.29, 0.717) is 23.9 Å². The van der Waals surface area contributed by atoms with Crippen molar-refractivity contribution in [2.24, 2.45) is 0 Å². The summed E-state index contributed by atoms with van der Waals surface area (Å²) in [6.07, 6.45) is 0.777. The number of anilines is 1. The average molecular weight is 356 g/mol. The number of aryl methyl sites for hydroxylation is 2. The molecule has 0 spiro atoms. The Morgan fingerprint density at radius 2 is 2.04 bits per heavy atom. The number of nitrogens with zero attached hydrogens (tertiary/aromatic N) is 1. The fourth-order valence-corrected chi connectivity index (χ4v) is 3.53. The molecule has 0 fully saturated rings. The van der Waals surface area contributed by atoms with Crippen molar-refractivity contribution in [2.45, 2.75) is 26.8 Å². The Morgan fingerprint density at radius 3 is 2.84 bits per heavy atom. The van der Waals surface area contributed by atoms with E-state index in [4.69, 9.17) is 20.8 Å². The maximum absolute atomic E-state index is 12.0. The Hall–Kier alpha value is -2.46. The lowest BCUT2D eigenvalue weighted by molar-refractivity contribution is 0.289. The quantitative estimate of drug-likeness (QED) is 0.626. The van der Waals surface area contributed by atoms with Crippen LogP contribution in [0.3, 0.4) is 0 Å². The third-order valence-corrected chi connectivity index (χ3v) is 4.91. The number of rotatable bonds is 2. The van der Waals surface area contributed by atoms with E-state index in [0.717, 1.165) is 39.9 Å². The minimum absolute atomic E-state index is 0.325. The Labute approximate surface area is 150 Å². The molecule has 0 saturated carbocycles. The molecule has 0 unspecified atom stereocenters. The minimum Gasteiger partial charge on any atom is -0.473 e. The highest BCUT2D eigenvalue weighted by Crippen LogP contribution is 2.36. The third kappa shape index (κ3) is 2.76. The Balaban J connectivity index is 1.86. The van der Waals surface area contributed by atoms with Gasteiger partial charge >= 0.3 is 5.63 Å². The second kappa shape index (κ2) is 6.12. The lowest BCUT2D eigenvalue weighted by Crippen LogP contribution is -2.32. The molecule has 3 aromatic rings. The highest BCUT2D eigenvalue weighted by atomic mass is 35.5. The molecule has 5 heteroatoms. The standard InChI is InChI=1S/C20H18ClNO3/c1-3-13-8-19(23)25-20-15(13)6-7-18-16(20)10-22(11-24-18)17-9-14(21)5-4-12(17)2/h4-9H,3,10-11H2,1-2H3. The van der Waals surface area contributed by atoms with Crippen LogP contribution in [0.4, 0.5) is 5.69 Å². The highest BCUT2D eigenvalue weighted by molar-refractivity contribution is 6.30. The number of hydrogen-bond donors (Lipinski definition) is 0. The normalized spacial score (nSPS) is 13.6. The first kappa shape index (κ1) is 16.0. The summed E-state index contributed by atoms with van der Waals surface area (Å²) in [6, 6.07) is 11.3. The van der Waals surface area contributed by atoms with Crippen molar-refractivity contribution in [3.05, 3.63) is 68.5 Å². The fourth-order valence-electron chi connectivity index (χ4n) is 3.37. The van der Waals surface area contributed by atoms with Crippen molar-refractivity contribution >= 4 is 28.3 Å². The van der Waals surface area contributed by atoms with E-state index in [1.807, 2.05) is 44.2 Å². The summed E-state index contributed by atoms with van der Waals surface area (Å²) in [5.74, 6) is 0.764. The van der Waals surface area contributed by atoms with Gasteiger partial charge in [-0.1, -0.05) is 24.6 Å². The predicted molar refractivity (Wildman–Crippen MR) is 99.7 cm³/mol. The Kier molecular flexibility index (Phi) is 3.92. The molecule has 0 saturated heterocycles. The van der Waals surface area contributed by atoms with Crippen LogP contribution in [0.1, 0.15) is 23.6 Å². The van der Waals surface area contributed by atoms with Gasteiger partial charge in [0, 0.05) is 22.2 Å². The molecule has 1 aliphatic heterocycles. The Bertz CT molecular complexity index is 1030. The third-order valence-electron chi connectivity index (χ3n) is 4.68. The molecular formula is C20H18ClNO3. The molecule has 0 atom stereocenters. The van der Waals surface area contributed by atoms with Gasteiger partial charge in [-0.2, -0.15) is 0 Å². The molecule has 4 nitrogen and oxygen atoms in total. The van der Waals surface area contributed by atoms with Crippen LogP contribution >= 0.6 is 11.6 Å². The monoisotopic (exact) mass is 355 g/mol. The highest BCUT2D eigenvalue weighted by Gasteiger charge is 2.23. The van der Waals surface area contributed by atoms with E-state index in [1.165, 1.54) is 0 Å². The van der Waals surface area contributed by atoms with E-state index >= 15 is 0 Å². The molecule has 0 N–H and O–H groups in total. The van der Waals surface area contributed by atoms with Crippen LogP contribution in [0.15, 0.2) is 45.6 Å². The van der Waals surface area contributed by atoms with Crippen molar-refractivity contribution in [1.29, 1.82) is 0 Å². The van der Waals surface area contributed by atoms with Crippen LogP contribution in [0.25, 0.3) is 11.0 Å². The lowest BCUT2D eigenvalue weighted by Gasteiger charge is -2.32. The van der Waals surface area contributed by atoms with E-state index in [1.54, 1.807) is 6.07 Å². The largest absolute Gasteiger partial charge is 0.473 e. The summed E-state index contributed by atoms with van der Waals surface area (Å²) < 4.78 is 11.5. The van der Waals surface area contributed by atoms with Crippen LogP contribution in [0.2, 0.25) is 5.02 Å². The van der Waals surface area contributed by atoms with Gasteiger partial charge in [0.2, 0.25) is 0 Å². The van der Waals surface area contributed by atoms with Crippen LogP contribution in [-0.2, 0) is 13.0 Å². The molecule has 1 aliphatic rings. The SMILES string of the molecule is CCc1cc(=O)oc2c3c(ccc12)OCN(c1cc(Cl)ccc1C)C3. The van der Waals surface area contributed by atoms with E-state index in [9.17, 15) is 4.79 Å². The zero-order chi connectivity index (χ0) is 17.6. The van der Waals surface area contributed by atoms with Crippen molar-refractivity contribution in [2.75, 3.05) is 11.6 Å². The zero-order valence-corrected chi connectivity index (χ0v) is 14.9. The second-order valence-electron chi connectivity index (χ2n) is 6.27. The maximum Gasteiger partial charge on any atom is 0.336 e. The number of hydrogen-bond acceptors (Lipinski definition) is 4. The van der Waals surface area contributed by atoms with Crippen molar-refractivity contribution in [3.8, 4) is 5.75 Å². The zero-order valence-electron chi connectivity index (χ0n) is 14.1. The van der Waals surface area contributed by atoms with Crippen molar-refractivity contribution in [3.63, 3.8) is 0 Å². The molecule has 128 valence electrons. The first-order valence-electron chi connectivity index (χ1n) is 8.29. The van der Waals surface area contributed by atoms with E-state index < -0.39 is 0 Å². The van der Waals surface area contributed by atoms with E-state index in [2.05, 4.69) is 4.90 Å². The summed E-state index contributed by atoms with van der Waals surface area (Å²) in [5.41, 5.74) is 4.32. The average Bonchev–Trinajstić information content (AvgIpc) is 2.62. The topological polar surface area (TPSA) is 42.7 Å². The smallest absolute Gasteiger partial charge is 0.336 e. The van der Waals surface area contributed by atoms with Gasteiger partial charge in [0.25, 0.3) is 0 Å². The van der Waals surface area contributed by atoms with Crippen molar-refractivity contribution < 1.29 is 9.15 Å². The summed E-state index contributed by atoms with van der Waals surface area (Å²) in [6.45, 7) is 5.10. The number of halogens is 1. The first-order valence-corrected chi connectivity index (χ1v) is 8.67. The van der Waals surface area contributed by atoms with Gasteiger partial charge in [0.05, 0.1) is 12.1 Å². The van der Waals surface area contributed by atoms with E-state index in [-0.39, 0.29) is 5.63 Å². The molecule has 0 radical (unpaired) electrons. The minimum atomic E-state index is -0.325. The summed E-state index contributed by atoms with van der Waals surface area (Å²) in [7, 11) is 0. The van der Waals surface area contributed by atoms with Gasteiger partial charge in [0.1, 0.15) is 11.3 Å². The molecule has 4 rings (SSSR count). The van der Waals surface area contributed by atoms with Crippen LogP contribution in [-0.4, -0.2) is 6.73 Å². The maximum atomic E-state index is 12.0. The van der Waals surface area contributed by atoms with Gasteiger partial charge in [-0.15, -0.1) is 0 Å². The van der Waals surface area contributed by atoms with Gasteiger partial charge in [-0.3, -0.25) is 0 Å². The van der Waals surface area contributed by atoms with Crippen LogP contribution in [0, 0.1) is 6.92 Å². The van der Waals surface area contributed by atoms with Crippen LogP contribution < -0.4 is 15.3 Å². The molecule has 0 amide bonds. The van der Waals surface area contributed by atoms with Gasteiger partial charge in [-0.05, 0) is 48.7 Å². The Morgan fingerprint density at radius 1 is 1.20 bits per heavy atom. The first-order chi connectivity index (χ1) is 12.1. The van der Waals surface area contributed by atoms with Gasteiger partial charge in [0.15, 0.2) is 6.73 Å². The summed E-state index contributed by atoms with van der Waals surface area (Å²) in [4.78, 5) is 14.1. The fraction of sp³-hybridized carbons (Fsp3) is 0.250. The van der Waals surface area contributed by atoms with Crippen molar-refractivity contribution in [1.82, 2.24) is 0 Å². The lowest BCUT2D eigenvalue weighted by atomic mass is 10.0. The number of ether oxygens (including phenoxy) is 1. The van der Waals surface area contributed by atoms with Gasteiger partial charge < -0.3 is 14.1 Å². The number of fused-ring (bicyclic) bond motifs is 3. The molecule has 0 aliphatic carbocycles. The molecule has 1 aromatic heterocycles. The van der Waals surface area contributed by atoms with Gasteiger partial charge in [-0.25, -0.2) is 4.79 Å². The molecule has 0 bridgehead atoms. The molecule has 2 heterocycles. The predicted octanol–water partition coefficient (Wildman–Crippen LogP) is 4.67. The summed E-state index contributed by atoms with van der Waals surface area (Å²) >= 11 is 6.16. The molecule has 2 aromatic carbocycles. The molecular weight excluding hydrogens is 338 g/mol.